The molecular formula is C14H29N3S. The molecule has 2 saturated heterocycles. The fraction of sp³-hybridized carbons (Fsp3) is 1.00. The van der Waals surface area contributed by atoms with Crippen LogP contribution in [0.15, 0.2) is 0 Å². The van der Waals surface area contributed by atoms with Gasteiger partial charge >= 0.3 is 0 Å². The Bertz CT molecular complexity index is 231. The zero-order valence-corrected chi connectivity index (χ0v) is 13.0. The third kappa shape index (κ3) is 4.12. The highest BCUT2D eigenvalue weighted by atomic mass is 32.2. The van der Waals surface area contributed by atoms with E-state index in [9.17, 15) is 0 Å². The summed E-state index contributed by atoms with van der Waals surface area (Å²) in [5, 5.41) is 4.35. The number of piperazine rings is 1. The predicted octanol–water partition coefficient (Wildman–Crippen LogP) is 1.50. The van der Waals surface area contributed by atoms with E-state index in [4.69, 9.17) is 0 Å². The third-order valence-electron chi connectivity index (χ3n) is 4.48. The lowest BCUT2D eigenvalue weighted by Gasteiger charge is -2.42. The van der Waals surface area contributed by atoms with Gasteiger partial charge in [-0.3, -0.25) is 9.80 Å². The van der Waals surface area contributed by atoms with Crippen LogP contribution < -0.4 is 5.32 Å². The maximum atomic E-state index is 3.44. The van der Waals surface area contributed by atoms with Crippen LogP contribution in [0, 0.1) is 0 Å². The van der Waals surface area contributed by atoms with Crippen molar-refractivity contribution in [2.24, 2.45) is 0 Å². The molecule has 2 heterocycles. The average Bonchev–Trinajstić information content (AvgIpc) is 2.37. The number of nitrogens with one attached hydrogen (secondary N) is 1. The predicted molar refractivity (Wildman–Crippen MR) is 81.5 cm³/mol. The highest BCUT2D eigenvalue weighted by Crippen LogP contribution is 2.21. The summed E-state index contributed by atoms with van der Waals surface area (Å²) in [6.07, 6.45) is 2.72. The second-order valence-electron chi connectivity index (χ2n) is 5.94. The fourth-order valence-electron chi connectivity index (χ4n) is 3.01. The molecule has 2 rings (SSSR count). The summed E-state index contributed by atoms with van der Waals surface area (Å²) in [5.41, 5.74) is 0. The molecule has 106 valence electrons. The lowest BCUT2D eigenvalue weighted by atomic mass is 10.1. The highest BCUT2D eigenvalue weighted by molar-refractivity contribution is 7.99. The van der Waals surface area contributed by atoms with E-state index in [0.717, 1.165) is 5.25 Å². The Hall–Kier alpha value is 0.230. The van der Waals surface area contributed by atoms with Gasteiger partial charge in [0, 0.05) is 42.7 Å². The van der Waals surface area contributed by atoms with Gasteiger partial charge in [0.15, 0.2) is 0 Å². The van der Waals surface area contributed by atoms with Crippen molar-refractivity contribution in [1.29, 1.82) is 0 Å². The van der Waals surface area contributed by atoms with Crippen molar-refractivity contribution >= 4 is 11.8 Å². The van der Waals surface area contributed by atoms with Crippen LogP contribution in [0.5, 0.6) is 0 Å². The van der Waals surface area contributed by atoms with Crippen LogP contribution in [0.1, 0.15) is 26.7 Å². The first-order valence-electron chi connectivity index (χ1n) is 7.43. The van der Waals surface area contributed by atoms with Crippen molar-refractivity contribution < 1.29 is 0 Å². The second kappa shape index (κ2) is 7.13. The van der Waals surface area contributed by atoms with Gasteiger partial charge in [0.2, 0.25) is 0 Å². The Morgan fingerprint density at radius 3 is 2.33 bits per heavy atom. The van der Waals surface area contributed by atoms with E-state index >= 15 is 0 Å². The molecule has 0 aromatic heterocycles. The summed E-state index contributed by atoms with van der Waals surface area (Å²) in [6, 6.07) is 1.41. The van der Waals surface area contributed by atoms with Crippen LogP contribution in [-0.2, 0) is 0 Å². The molecule has 1 N–H and O–H groups in total. The third-order valence-corrected chi connectivity index (χ3v) is 5.84. The Kier molecular flexibility index (Phi) is 5.80. The zero-order valence-electron chi connectivity index (χ0n) is 12.2. The number of hydrogen-bond acceptors (Lipinski definition) is 4. The SMILES string of the molecule is CC1CN(CCSC2CCNCC2)CC(C)N1C. The van der Waals surface area contributed by atoms with E-state index < -0.39 is 0 Å². The summed E-state index contributed by atoms with van der Waals surface area (Å²) in [4.78, 5) is 5.17. The average molecular weight is 271 g/mol. The molecule has 2 fully saturated rings. The summed E-state index contributed by atoms with van der Waals surface area (Å²) in [6.45, 7) is 10.9. The second-order valence-corrected chi connectivity index (χ2v) is 7.35. The van der Waals surface area contributed by atoms with E-state index in [2.05, 4.69) is 47.8 Å². The van der Waals surface area contributed by atoms with Gasteiger partial charge in [-0.25, -0.2) is 0 Å². The van der Waals surface area contributed by atoms with Crippen molar-refractivity contribution in [1.82, 2.24) is 15.1 Å². The minimum absolute atomic E-state index is 0.706. The van der Waals surface area contributed by atoms with Gasteiger partial charge in [-0.2, -0.15) is 11.8 Å². The highest BCUT2D eigenvalue weighted by Gasteiger charge is 2.26. The number of piperidine rings is 1. The molecule has 0 aromatic carbocycles. The smallest absolute Gasteiger partial charge is 0.0195 e. The van der Waals surface area contributed by atoms with Gasteiger partial charge < -0.3 is 5.32 Å². The van der Waals surface area contributed by atoms with E-state index in [1.807, 2.05) is 0 Å². The number of thioether (sulfide) groups is 1. The first-order valence-corrected chi connectivity index (χ1v) is 8.48. The van der Waals surface area contributed by atoms with E-state index in [1.165, 1.54) is 51.3 Å². The van der Waals surface area contributed by atoms with Crippen LogP contribution in [-0.4, -0.2) is 72.7 Å². The van der Waals surface area contributed by atoms with Crippen molar-refractivity contribution in [3.05, 3.63) is 0 Å². The molecule has 0 bridgehead atoms. The van der Waals surface area contributed by atoms with Gasteiger partial charge in [-0.15, -0.1) is 0 Å². The molecule has 4 heteroatoms. The molecule has 0 amide bonds. The Labute approximate surface area is 117 Å². The molecular weight excluding hydrogens is 242 g/mol. The van der Waals surface area contributed by atoms with Crippen LogP contribution in [0.2, 0.25) is 0 Å². The topological polar surface area (TPSA) is 18.5 Å². The lowest BCUT2D eigenvalue weighted by molar-refractivity contribution is 0.0641. The molecule has 0 radical (unpaired) electrons. The molecule has 2 unspecified atom stereocenters. The molecule has 2 atom stereocenters. The minimum Gasteiger partial charge on any atom is -0.317 e. The van der Waals surface area contributed by atoms with E-state index in [-0.39, 0.29) is 0 Å². The zero-order chi connectivity index (χ0) is 13.0. The molecule has 18 heavy (non-hydrogen) atoms. The van der Waals surface area contributed by atoms with Crippen LogP contribution in [0.4, 0.5) is 0 Å². The maximum absolute atomic E-state index is 3.44. The first-order chi connectivity index (χ1) is 8.66. The summed E-state index contributed by atoms with van der Waals surface area (Å²) >= 11 is 2.20. The van der Waals surface area contributed by atoms with Crippen LogP contribution >= 0.6 is 11.8 Å². The Morgan fingerprint density at radius 1 is 1.11 bits per heavy atom. The molecule has 0 aliphatic carbocycles. The molecule has 0 saturated carbocycles. The molecule has 3 nitrogen and oxygen atoms in total. The number of hydrogen-bond donors (Lipinski definition) is 1. The number of rotatable bonds is 4. The molecule has 2 aliphatic heterocycles. The monoisotopic (exact) mass is 271 g/mol. The van der Waals surface area contributed by atoms with Crippen molar-refractivity contribution in [2.45, 2.75) is 44.0 Å². The fourth-order valence-corrected chi connectivity index (χ4v) is 4.27. The van der Waals surface area contributed by atoms with Gasteiger partial charge in [0.1, 0.15) is 0 Å². The van der Waals surface area contributed by atoms with Crippen molar-refractivity contribution in [3.8, 4) is 0 Å². The number of nitrogens with zero attached hydrogens (tertiary/aromatic N) is 2. The van der Waals surface area contributed by atoms with Gasteiger partial charge in [-0.05, 0) is 46.8 Å². The molecule has 0 spiro atoms. The van der Waals surface area contributed by atoms with Gasteiger partial charge in [0.25, 0.3) is 0 Å². The summed E-state index contributed by atoms with van der Waals surface area (Å²) in [7, 11) is 2.26. The van der Waals surface area contributed by atoms with Crippen molar-refractivity contribution in [3.63, 3.8) is 0 Å². The minimum atomic E-state index is 0.706. The van der Waals surface area contributed by atoms with E-state index in [1.54, 1.807) is 0 Å². The van der Waals surface area contributed by atoms with Crippen molar-refractivity contribution in [2.75, 3.05) is 45.5 Å². The van der Waals surface area contributed by atoms with Gasteiger partial charge in [-0.1, -0.05) is 0 Å². The Morgan fingerprint density at radius 2 is 1.72 bits per heavy atom. The molecule has 2 aliphatic rings. The van der Waals surface area contributed by atoms with Crippen LogP contribution in [0.25, 0.3) is 0 Å². The quantitative estimate of drug-likeness (QED) is 0.835. The number of likely N-dealkylation sites (N-methyl/N-ethyl adjacent to an activating group) is 1. The summed E-state index contributed by atoms with van der Waals surface area (Å²) in [5.74, 6) is 1.31. The maximum Gasteiger partial charge on any atom is 0.0195 e. The largest absolute Gasteiger partial charge is 0.317 e. The Balaban J connectivity index is 1.64. The van der Waals surface area contributed by atoms with Crippen LogP contribution in [0.3, 0.4) is 0 Å². The van der Waals surface area contributed by atoms with Gasteiger partial charge in [0.05, 0.1) is 0 Å². The standard InChI is InChI=1S/C14H29N3S/c1-12-10-17(11-13(2)16(12)3)8-9-18-14-4-6-15-7-5-14/h12-15H,4-11H2,1-3H3. The lowest BCUT2D eigenvalue weighted by Crippen LogP contribution is -2.55. The molecule has 0 aromatic rings. The van der Waals surface area contributed by atoms with E-state index in [0.29, 0.717) is 12.1 Å². The summed E-state index contributed by atoms with van der Waals surface area (Å²) < 4.78 is 0. The first kappa shape index (κ1) is 14.6. The normalized spacial score (nSPS) is 32.8.